The molecule has 3 rings (SSSR count). The molecule has 0 heterocycles. The zero-order valence-corrected chi connectivity index (χ0v) is 24.0. The summed E-state index contributed by atoms with van der Waals surface area (Å²) in [5.41, 5.74) is 3.43. The van der Waals surface area contributed by atoms with Crippen molar-refractivity contribution in [1.82, 2.24) is 0 Å². The highest BCUT2D eigenvalue weighted by Gasteiger charge is 2.22. The molecule has 0 atom stereocenters. The Labute approximate surface area is 232 Å². The Kier molecular flexibility index (Phi) is 13.5. The molecule has 3 heteroatoms. The molecule has 0 unspecified atom stereocenters. The second-order valence-corrected chi connectivity index (χ2v) is 11.4. The average molecular weight is 516 g/mol. The molecule has 1 aliphatic carbocycles. The number of carbonyl (C=O) groups excluding carboxylic acids is 1. The van der Waals surface area contributed by atoms with Gasteiger partial charge in [-0.2, -0.15) is 5.26 Å². The topological polar surface area (TPSA) is 50.1 Å². The van der Waals surface area contributed by atoms with Gasteiger partial charge in [-0.15, -0.1) is 0 Å². The van der Waals surface area contributed by atoms with Crippen LogP contribution in [0.4, 0.5) is 0 Å². The van der Waals surface area contributed by atoms with Crippen molar-refractivity contribution in [3.63, 3.8) is 0 Å². The van der Waals surface area contributed by atoms with Crippen LogP contribution in [0.3, 0.4) is 0 Å². The lowest BCUT2D eigenvalue weighted by molar-refractivity contribution is 0.0734. The van der Waals surface area contributed by atoms with E-state index in [9.17, 15) is 10.1 Å². The van der Waals surface area contributed by atoms with Crippen LogP contribution in [-0.2, 0) is 6.42 Å². The van der Waals surface area contributed by atoms with Crippen LogP contribution in [0.1, 0.15) is 150 Å². The number of unbranched alkanes of at least 4 members (excludes halogenated alkanes) is 9. The molecule has 38 heavy (non-hydrogen) atoms. The molecule has 2 aromatic rings. The molecule has 1 fully saturated rings. The molecule has 0 aromatic heterocycles. The van der Waals surface area contributed by atoms with E-state index in [1.54, 1.807) is 6.07 Å². The second kappa shape index (κ2) is 17.1. The molecule has 206 valence electrons. The molecule has 0 bridgehead atoms. The standard InChI is InChI=1S/C35H49NO2/c1-3-5-7-9-11-13-15-29-18-25-34(33(26-29)27-36)38-35(37)32-23-21-31(22-24-32)30-19-16-28(17-20-30)14-12-10-8-6-4-2/h18,21-26,28,30H,3-17,19-20H2,1-2H3. The fourth-order valence-corrected chi connectivity index (χ4v) is 5.89. The van der Waals surface area contributed by atoms with Gasteiger partial charge >= 0.3 is 5.97 Å². The SMILES string of the molecule is CCCCCCCCc1ccc(OC(=O)c2ccc(C3CCC(CCCCCCC)CC3)cc2)c(C#N)c1. The summed E-state index contributed by atoms with van der Waals surface area (Å²) in [6.07, 6.45) is 21.9. The number of hydrogen-bond acceptors (Lipinski definition) is 3. The van der Waals surface area contributed by atoms with Crippen LogP contribution in [0, 0.1) is 17.2 Å². The molecular weight excluding hydrogens is 466 g/mol. The minimum Gasteiger partial charge on any atom is -0.422 e. The molecule has 0 spiro atoms. The smallest absolute Gasteiger partial charge is 0.343 e. The number of rotatable bonds is 16. The van der Waals surface area contributed by atoms with E-state index >= 15 is 0 Å². The van der Waals surface area contributed by atoms with E-state index in [0.29, 0.717) is 22.8 Å². The lowest BCUT2D eigenvalue weighted by Gasteiger charge is -2.29. The van der Waals surface area contributed by atoms with Crippen LogP contribution in [0.15, 0.2) is 42.5 Å². The molecule has 1 aliphatic rings. The van der Waals surface area contributed by atoms with Crippen LogP contribution in [-0.4, -0.2) is 5.97 Å². The van der Waals surface area contributed by atoms with Gasteiger partial charge in [0.05, 0.1) is 11.1 Å². The summed E-state index contributed by atoms with van der Waals surface area (Å²) >= 11 is 0. The number of carbonyl (C=O) groups is 1. The lowest BCUT2D eigenvalue weighted by atomic mass is 9.77. The molecule has 2 aromatic carbocycles. The van der Waals surface area contributed by atoms with Crippen LogP contribution in [0.25, 0.3) is 0 Å². The van der Waals surface area contributed by atoms with Gasteiger partial charge < -0.3 is 4.74 Å². The number of benzene rings is 2. The maximum atomic E-state index is 12.8. The van der Waals surface area contributed by atoms with Crippen molar-refractivity contribution in [1.29, 1.82) is 5.26 Å². The van der Waals surface area contributed by atoms with Crippen molar-refractivity contribution in [2.75, 3.05) is 0 Å². The third-order valence-electron chi connectivity index (χ3n) is 8.37. The zero-order valence-electron chi connectivity index (χ0n) is 24.0. The quantitative estimate of drug-likeness (QED) is 0.127. The molecule has 1 saturated carbocycles. The summed E-state index contributed by atoms with van der Waals surface area (Å²) in [4.78, 5) is 12.8. The van der Waals surface area contributed by atoms with E-state index in [2.05, 4.69) is 32.0 Å². The number of esters is 1. The maximum absolute atomic E-state index is 12.8. The first kappa shape index (κ1) is 29.9. The van der Waals surface area contributed by atoms with Crippen molar-refractivity contribution in [2.24, 2.45) is 5.92 Å². The van der Waals surface area contributed by atoms with Crippen molar-refractivity contribution in [2.45, 2.75) is 129 Å². The highest BCUT2D eigenvalue weighted by molar-refractivity contribution is 5.91. The molecule has 0 saturated heterocycles. The fraction of sp³-hybridized carbons (Fsp3) is 0.600. The highest BCUT2D eigenvalue weighted by atomic mass is 16.5. The van der Waals surface area contributed by atoms with Crippen LogP contribution >= 0.6 is 0 Å². The van der Waals surface area contributed by atoms with Crippen molar-refractivity contribution in [3.8, 4) is 11.8 Å². The lowest BCUT2D eigenvalue weighted by Crippen LogP contribution is -2.14. The highest BCUT2D eigenvalue weighted by Crippen LogP contribution is 2.38. The van der Waals surface area contributed by atoms with Gasteiger partial charge in [-0.05, 0) is 85.8 Å². The number of ether oxygens (including phenoxy) is 1. The van der Waals surface area contributed by atoms with Gasteiger partial charge in [-0.1, -0.05) is 103 Å². The summed E-state index contributed by atoms with van der Waals surface area (Å²) in [5.74, 6) is 1.44. The first-order chi connectivity index (χ1) is 18.6. The third kappa shape index (κ3) is 9.94. The van der Waals surface area contributed by atoms with Crippen molar-refractivity contribution < 1.29 is 9.53 Å². The monoisotopic (exact) mass is 515 g/mol. The first-order valence-corrected chi connectivity index (χ1v) is 15.5. The van der Waals surface area contributed by atoms with Gasteiger partial charge in [0.2, 0.25) is 0 Å². The van der Waals surface area contributed by atoms with E-state index in [1.807, 2.05) is 24.3 Å². The summed E-state index contributed by atoms with van der Waals surface area (Å²) in [6.45, 7) is 4.51. The average Bonchev–Trinajstić information content (AvgIpc) is 2.96. The Hall–Kier alpha value is -2.60. The predicted octanol–water partition coefficient (Wildman–Crippen LogP) is 10.3. The Morgan fingerprint density at radius 3 is 2.11 bits per heavy atom. The fourth-order valence-electron chi connectivity index (χ4n) is 5.89. The summed E-state index contributed by atoms with van der Waals surface area (Å²) < 4.78 is 5.65. The van der Waals surface area contributed by atoms with Crippen LogP contribution in [0.2, 0.25) is 0 Å². The molecule has 3 nitrogen and oxygen atoms in total. The van der Waals surface area contributed by atoms with Crippen LogP contribution in [0.5, 0.6) is 5.75 Å². The summed E-state index contributed by atoms with van der Waals surface area (Å²) in [6, 6.07) is 15.8. The van der Waals surface area contributed by atoms with Gasteiger partial charge in [0, 0.05) is 0 Å². The van der Waals surface area contributed by atoms with E-state index in [1.165, 1.54) is 102 Å². The van der Waals surface area contributed by atoms with Gasteiger partial charge in [0.15, 0.2) is 0 Å². The third-order valence-corrected chi connectivity index (χ3v) is 8.37. The molecule has 0 N–H and O–H groups in total. The zero-order chi connectivity index (χ0) is 27.0. The summed E-state index contributed by atoms with van der Waals surface area (Å²) in [7, 11) is 0. The number of aryl methyl sites for hydroxylation is 1. The minimum absolute atomic E-state index is 0.348. The normalized spacial score (nSPS) is 17.2. The summed E-state index contributed by atoms with van der Waals surface area (Å²) in [5, 5.41) is 9.64. The van der Waals surface area contributed by atoms with E-state index in [0.717, 1.165) is 24.3 Å². The molecular formula is C35H49NO2. The van der Waals surface area contributed by atoms with Crippen molar-refractivity contribution in [3.05, 3.63) is 64.7 Å². The van der Waals surface area contributed by atoms with E-state index in [4.69, 9.17) is 4.74 Å². The number of nitrogens with zero attached hydrogens (tertiary/aromatic N) is 1. The van der Waals surface area contributed by atoms with Gasteiger partial charge in [0.1, 0.15) is 11.8 Å². The predicted molar refractivity (Wildman–Crippen MR) is 158 cm³/mol. The Morgan fingerprint density at radius 2 is 1.45 bits per heavy atom. The molecule has 0 aliphatic heterocycles. The Morgan fingerprint density at radius 1 is 0.816 bits per heavy atom. The Bertz CT molecular complexity index is 996. The van der Waals surface area contributed by atoms with E-state index in [-0.39, 0.29) is 0 Å². The second-order valence-electron chi connectivity index (χ2n) is 11.4. The van der Waals surface area contributed by atoms with Gasteiger partial charge in [-0.25, -0.2) is 4.79 Å². The van der Waals surface area contributed by atoms with Crippen molar-refractivity contribution >= 4 is 5.97 Å². The van der Waals surface area contributed by atoms with Gasteiger partial charge in [-0.3, -0.25) is 0 Å². The molecule has 0 amide bonds. The first-order valence-electron chi connectivity index (χ1n) is 15.5. The molecule has 0 radical (unpaired) electrons. The van der Waals surface area contributed by atoms with E-state index < -0.39 is 5.97 Å². The van der Waals surface area contributed by atoms with Crippen LogP contribution < -0.4 is 4.74 Å². The number of hydrogen-bond donors (Lipinski definition) is 0. The maximum Gasteiger partial charge on any atom is 0.343 e. The Balaban J connectivity index is 1.45. The number of nitriles is 1. The largest absolute Gasteiger partial charge is 0.422 e. The minimum atomic E-state index is -0.400. The van der Waals surface area contributed by atoms with Gasteiger partial charge in [0.25, 0.3) is 0 Å².